The molecule has 0 aliphatic rings. The van der Waals surface area contributed by atoms with Crippen LogP contribution in [0.25, 0.3) is 0 Å². The monoisotopic (exact) mass is 829 g/mol. The topological polar surface area (TPSA) is 78.9 Å². The van der Waals surface area contributed by atoms with Crippen molar-refractivity contribution in [1.82, 2.24) is 0 Å². The van der Waals surface area contributed by atoms with Gasteiger partial charge in [0.2, 0.25) is 0 Å². The SMILES string of the molecule is CCCCC/C=C\C/C=C\C/C=C\CCCCCCCCC(=O)OCC(COC(=O)CCCCCCCCC)OC(=O)CCCCCCCCCCCCCCCCC. The van der Waals surface area contributed by atoms with Crippen LogP contribution < -0.4 is 0 Å². The van der Waals surface area contributed by atoms with E-state index in [1.807, 2.05) is 0 Å². The van der Waals surface area contributed by atoms with Gasteiger partial charge in [0.05, 0.1) is 0 Å². The lowest BCUT2D eigenvalue weighted by molar-refractivity contribution is -0.167. The van der Waals surface area contributed by atoms with Crippen molar-refractivity contribution < 1.29 is 28.6 Å². The lowest BCUT2D eigenvalue weighted by Crippen LogP contribution is -2.30. The highest BCUT2D eigenvalue weighted by Crippen LogP contribution is 2.15. The molecule has 0 aromatic rings. The van der Waals surface area contributed by atoms with E-state index in [4.69, 9.17) is 14.2 Å². The Labute approximate surface area is 365 Å². The third-order valence-electron chi connectivity index (χ3n) is 11.1. The van der Waals surface area contributed by atoms with Crippen LogP contribution in [0.15, 0.2) is 36.5 Å². The molecular weight excluding hydrogens is 733 g/mol. The van der Waals surface area contributed by atoms with Crippen LogP contribution in [0.3, 0.4) is 0 Å². The van der Waals surface area contributed by atoms with Crippen LogP contribution in [0.1, 0.15) is 265 Å². The van der Waals surface area contributed by atoms with E-state index in [0.717, 1.165) is 77.0 Å². The average molecular weight is 829 g/mol. The van der Waals surface area contributed by atoms with Crippen LogP contribution in [0, 0.1) is 0 Å². The molecule has 1 unspecified atom stereocenters. The molecule has 0 aliphatic carbocycles. The Morgan fingerprint density at radius 3 is 0.983 bits per heavy atom. The number of carbonyl (C=O) groups excluding carboxylic acids is 3. The van der Waals surface area contributed by atoms with Gasteiger partial charge in [-0.05, 0) is 57.8 Å². The summed E-state index contributed by atoms with van der Waals surface area (Å²) in [5.41, 5.74) is 0. The van der Waals surface area contributed by atoms with E-state index in [0.29, 0.717) is 19.3 Å². The molecule has 0 fully saturated rings. The maximum absolute atomic E-state index is 12.7. The highest BCUT2D eigenvalue weighted by atomic mass is 16.6. The number of esters is 3. The van der Waals surface area contributed by atoms with Gasteiger partial charge in [-0.25, -0.2) is 0 Å². The summed E-state index contributed by atoms with van der Waals surface area (Å²) in [5, 5.41) is 0. The Morgan fingerprint density at radius 2 is 0.610 bits per heavy atom. The van der Waals surface area contributed by atoms with Gasteiger partial charge in [0.15, 0.2) is 6.10 Å². The molecule has 0 radical (unpaired) electrons. The number of ether oxygens (including phenoxy) is 3. The van der Waals surface area contributed by atoms with E-state index < -0.39 is 6.10 Å². The van der Waals surface area contributed by atoms with Gasteiger partial charge in [0, 0.05) is 19.3 Å². The molecule has 6 nitrogen and oxygen atoms in total. The highest BCUT2D eigenvalue weighted by Gasteiger charge is 2.19. The summed E-state index contributed by atoms with van der Waals surface area (Å²) < 4.78 is 16.7. The van der Waals surface area contributed by atoms with Crippen molar-refractivity contribution in [1.29, 1.82) is 0 Å². The van der Waals surface area contributed by atoms with Crippen molar-refractivity contribution in [3.8, 4) is 0 Å². The fourth-order valence-corrected chi connectivity index (χ4v) is 7.27. The average Bonchev–Trinajstić information content (AvgIpc) is 3.23. The van der Waals surface area contributed by atoms with E-state index in [1.54, 1.807) is 0 Å². The van der Waals surface area contributed by atoms with E-state index in [2.05, 4.69) is 57.2 Å². The zero-order valence-electron chi connectivity index (χ0n) is 39.3. The predicted octanol–water partition coefficient (Wildman–Crippen LogP) is 16.5. The lowest BCUT2D eigenvalue weighted by Gasteiger charge is -2.18. The largest absolute Gasteiger partial charge is 0.462 e. The fraction of sp³-hybridized carbons (Fsp3) is 0.830. The van der Waals surface area contributed by atoms with Crippen LogP contribution in [-0.2, 0) is 28.6 Å². The van der Waals surface area contributed by atoms with E-state index >= 15 is 0 Å². The zero-order chi connectivity index (χ0) is 43.0. The number of rotatable bonds is 46. The summed E-state index contributed by atoms with van der Waals surface area (Å²) in [4.78, 5) is 37.8. The van der Waals surface area contributed by atoms with Crippen molar-refractivity contribution in [2.24, 2.45) is 0 Å². The first kappa shape index (κ1) is 56.6. The van der Waals surface area contributed by atoms with Crippen LogP contribution >= 0.6 is 0 Å². The van der Waals surface area contributed by atoms with Crippen LogP contribution in [0.2, 0.25) is 0 Å². The Morgan fingerprint density at radius 1 is 0.339 bits per heavy atom. The third kappa shape index (κ3) is 46.5. The second-order valence-corrected chi connectivity index (χ2v) is 17.1. The summed E-state index contributed by atoms with van der Waals surface area (Å²) >= 11 is 0. The minimum absolute atomic E-state index is 0.0735. The number of hydrogen-bond donors (Lipinski definition) is 0. The molecule has 0 saturated heterocycles. The van der Waals surface area contributed by atoms with Gasteiger partial charge in [-0.1, -0.05) is 224 Å². The molecule has 0 aromatic carbocycles. The fourth-order valence-electron chi connectivity index (χ4n) is 7.27. The van der Waals surface area contributed by atoms with Crippen molar-refractivity contribution in [3.63, 3.8) is 0 Å². The second kappa shape index (κ2) is 48.3. The van der Waals surface area contributed by atoms with Gasteiger partial charge in [-0.2, -0.15) is 0 Å². The molecule has 0 bridgehead atoms. The maximum atomic E-state index is 12.7. The van der Waals surface area contributed by atoms with Gasteiger partial charge in [-0.3, -0.25) is 14.4 Å². The number of hydrogen-bond acceptors (Lipinski definition) is 6. The molecule has 0 heterocycles. The van der Waals surface area contributed by atoms with Crippen LogP contribution in [0.4, 0.5) is 0 Å². The van der Waals surface area contributed by atoms with Gasteiger partial charge in [0.25, 0.3) is 0 Å². The highest BCUT2D eigenvalue weighted by molar-refractivity contribution is 5.71. The zero-order valence-corrected chi connectivity index (χ0v) is 39.3. The predicted molar refractivity (Wildman–Crippen MR) is 252 cm³/mol. The molecule has 0 saturated carbocycles. The molecule has 0 rings (SSSR count). The third-order valence-corrected chi connectivity index (χ3v) is 11.1. The lowest BCUT2D eigenvalue weighted by atomic mass is 10.0. The quantitative estimate of drug-likeness (QED) is 0.0263. The molecule has 344 valence electrons. The minimum atomic E-state index is -0.770. The molecule has 6 heteroatoms. The van der Waals surface area contributed by atoms with Gasteiger partial charge in [0.1, 0.15) is 13.2 Å². The van der Waals surface area contributed by atoms with Crippen LogP contribution in [0.5, 0.6) is 0 Å². The molecule has 1 atom stereocenters. The first-order valence-electron chi connectivity index (χ1n) is 25.5. The van der Waals surface area contributed by atoms with Crippen molar-refractivity contribution in [3.05, 3.63) is 36.5 Å². The molecule has 0 N–H and O–H groups in total. The number of allylic oxidation sites excluding steroid dienone is 6. The van der Waals surface area contributed by atoms with E-state index in [9.17, 15) is 14.4 Å². The van der Waals surface area contributed by atoms with Crippen molar-refractivity contribution in [2.45, 2.75) is 271 Å². The maximum Gasteiger partial charge on any atom is 0.306 e. The summed E-state index contributed by atoms with van der Waals surface area (Å²) in [6.45, 7) is 6.58. The first-order valence-corrected chi connectivity index (χ1v) is 25.5. The summed E-state index contributed by atoms with van der Waals surface area (Å²) in [7, 11) is 0. The van der Waals surface area contributed by atoms with Gasteiger partial charge in [-0.15, -0.1) is 0 Å². The number of carbonyl (C=O) groups is 3. The van der Waals surface area contributed by atoms with Crippen molar-refractivity contribution in [2.75, 3.05) is 13.2 Å². The minimum Gasteiger partial charge on any atom is -0.462 e. The first-order chi connectivity index (χ1) is 29.0. The number of unbranched alkanes of at least 4 members (excludes halogenated alkanes) is 29. The Hall–Kier alpha value is -2.37. The Bertz CT molecular complexity index is 1000. The molecule has 0 aromatic heterocycles. The smallest absolute Gasteiger partial charge is 0.306 e. The summed E-state index contributed by atoms with van der Waals surface area (Å²) in [6, 6.07) is 0. The molecular formula is C53H96O6. The molecule has 59 heavy (non-hydrogen) atoms. The van der Waals surface area contributed by atoms with Crippen LogP contribution in [-0.4, -0.2) is 37.2 Å². The molecule has 0 aliphatic heterocycles. The molecule has 0 spiro atoms. The van der Waals surface area contributed by atoms with E-state index in [-0.39, 0.29) is 31.1 Å². The standard InChI is InChI=1S/C53H96O6/c1-4-7-10-13-16-18-20-22-24-25-26-27-29-30-32-34-37-40-43-46-52(55)58-49-50(48-57-51(54)45-42-39-36-15-12-9-6-3)59-53(56)47-44-41-38-35-33-31-28-23-21-19-17-14-11-8-5-2/h16,18,22,24,26-27,50H,4-15,17,19-21,23,25,28-49H2,1-3H3/b18-16-,24-22-,27-26-. The normalized spacial score (nSPS) is 12.3. The summed E-state index contributed by atoms with van der Waals surface area (Å²) in [5.74, 6) is -0.883. The van der Waals surface area contributed by atoms with E-state index in [1.165, 1.54) is 148 Å². The summed E-state index contributed by atoms with van der Waals surface area (Å²) in [6.07, 6.45) is 55.7. The van der Waals surface area contributed by atoms with Crippen molar-refractivity contribution >= 4 is 17.9 Å². The van der Waals surface area contributed by atoms with Gasteiger partial charge >= 0.3 is 17.9 Å². The Kier molecular flexibility index (Phi) is 46.4. The molecule has 0 amide bonds. The Balaban J connectivity index is 4.25. The van der Waals surface area contributed by atoms with Gasteiger partial charge < -0.3 is 14.2 Å². The second-order valence-electron chi connectivity index (χ2n) is 17.1.